The third-order valence-corrected chi connectivity index (χ3v) is 6.43. The van der Waals surface area contributed by atoms with Crippen LogP contribution in [0.2, 0.25) is 0 Å². The molecule has 29 heavy (non-hydrogen) atoms. The maximum absolute atomic E-state index is 12.9. The number of ether oxygens (including phenoxy) is 1. The van der Waals surface area contributed by atoms with Gasteiger partial charge in [-0.25, -0.2) is 4.98 Å². The smallest absolute Gasteiger partial charge is 0.255 e. The molecule has 4 rings (SSSR count). The van der Waals surface area contributed by atoms with E-state index in [4.69, 9.17) is 9.72 Å². The molecule has 1 N–H and O–H groups in total. The molecule has 4 aromatic rings. The molecule has 1 aromatic heterocycles. The largest absolute Gasteiger partial charge is 0.493 e. The van der Waals surface area contributed by atoms with Crippen molar-refractivity contribution in [1.82, 2.24) is 4.98 Å². The molecule has 1 amide bonds. The zero-order valence-corrected chi connectivity index (χ0v) is 19.4. The molecule has 1 heterocycles. The Bertz CT molecular complexity index is 1170. The molecule has 0 saturated heterocycles. The van der Waals surface area contributed by atoms with Crippen molar-refractivity contribution in [2.45, 2.75) is 6.92 Å². The molecule has 0 aliphatic rings. The molecule has 7 heteroatoms. The Kier molecular flexibility index (Phi) is 5.99. The van der Waals surface area contributed by atoms with E-state index in [1.54, 1.807) is 29.5 Å². The Morgan fingerprint density at radius 2 is 1.93 bits per heavy atom. The zero-order chi connectivity index (χ0) is 20.4. The van der Waals surface area contributed by atoms with Gasteiger partial charge < -0.3 is 10.1 Å². The van der Waals surface area contributed by atoms with Gasteiger partial charge in [0.25, 0.3) is 5.91 Å². The fourth-order valence-corrected chi connectivity index (χ4v) is 4.75. The first-order chi connectivity index (χ1) is 14.0. The summed E-state index contributed by atoms with van der Waals surface area (Å²) in [6, 6.07) is 19.1. The summed E-state index contributed by atoms with van der Waals surface area (Å²) >= 11 is 8.59. The predicted octanol–water partition coefficient (Wildman–Crippen LogP) is 7.14. The summed E-state index contributed by atoms with van der Waals surface area (Å²) in [7, 11) is 0. The summed E-state index contributed by atoms with van der Waals surface area (Å²) < 4.78 is 8.29. The lowest BCUT2D eigenvalue weighted by Crippen LogP contribution is -2.12. The van der Waals surface area contributed by atoms with Gasteiger partial charge in [-0.2, -0.15) is 0 Å². The topological polar surface area (TPSA) is 51.2 Å². The van der Waals surface area contributed by atoms with E-state index >= 15 is 0 Å². The Hall–Kier alpha value is -2.22. The lowest BCUT2D eigenvalue weighted by molar-refractivity contribution is 0.102. The van der Waals surface area contributed by atoms with Crippen molar-refractivity contribution >= 4 is 65.0 Å². The first-order valence-electron chi connectivity index (χ1n) is 8.94. The molecule has 0 radical (unpaired) electrons. The highest BCUT2D eigenvalue weighted by molar-refractivity contribution is 9.10. The second-order valence-electron chi connectivity index (χ2n) is 6.21. The maximum Gasteiger partial charge on any atom is 0.255 e. The lowest BCUT2D eigenvalue weighted by atomic mass is 10.1. The van der Waals surface area contributed by atoms with Gasteiger partial charge in [-0.1, -0.05) is 28.1 Å². The number of carbonyl (C=O) groups is 1. The number of nitrogens with one attached hydrogen (secondary N) is 1. The fourth-order valence-electron chi connectivity index (χ4n) is 2.90. The first kappa shape index (κ1) is 20.1. The van der Waals surface area contributed by atoms with Gasteiger partial charge in [-0.05, 0) is 71.4 Å². The van der Waals surface area contributed by atoms with Gasteiger partial charge in [0.1, 0.15) is 10.8 Å². The predicted molar refractivity (Wildman–Crippen MR) is 126 cm³/mol. The number of fused-ring (bicyclic) bond motifs is 1. The number of nitrogens with zero attached hydrogens (tertiary/aromatic N) is 1. The second-order valence-corrected chi connectivity index (χ2v) is 9.01. The van der Waals surface area contributed by atoms with Crippen LogP contribution in [0.4, 0.5) is 5.69 Å². The summed E-state index contributed by atoms with van der Waals surface area (Å²) in [6.45, 7) is 2.48. The summed E-state index contributed by atoms with van der Waals surface area (Å²) in [6.07, 6.45) is 0. The maximum atomic E-state index is 12.9. The van der Waals surface area contributed by atoms with Gasteiger partial charge in [-0.15, -0.1) is 11.3 Å². The van der Waals surface area contributed by atoms with Gasteiger partial charge in [-0.3, -0.25) is 4.79 Å². The minimum Gasteiger partial charge on any atom is -0.493 e. The van der Waals surface area contributed by atoms with Gasteiger partial charge in [0, 0.05) is 15.6 Å². The minimum absolute atomic E-state index is 0.196. The van der Waals surface area contributed by atoms with Crippen LogP contribution in [0.15, 0.2) is 69.6 Å². The first-order valence-corrected chi connectivity index (χ1v) is 11.3. The van der Waals surface area contributed by atoms with E-state index in [0.717, 1.165) is 29.7 Å². The highest BCUT2D eigenvalue weighted by Gasteiger charge is 2.15. The van der Waals surface area contributed by atoms with Crippen molar-refractivity contribution in [2.24, 2.45) is 0 Å². The number of hydrogen-bond donors (Lipinski definition) is 1. The van der Waals surface area contributed by atoms with E-state index in [1.807, 2.05) is 49.4 Å². The SMILES string of the molecule is CCOc1ccc(C(=O)Nc2ccc(Br)cc2-c2nc3ccccc3s2)cc1Br. The van der Waals surface area contributed by atoms with Gasteiger partial charge in [0.2, 0.25) is 0 Å². The monoisotopic (exact) mass is 530 g/mol. The van der Waals surface area contributed by atoms with Crippen molar-refractivity contribution in [3.8, 4) is 16.3 Å². The molecular weight excluding hydrogens is 516 g/mol. The highest BCUT2D eigenvalue weighted by atomic mass is 79.9. The van der Waals surface area contributed by atoms with E-state index in [0.29, 0.717) is 23.6 Å². The van der Waals surface area contributed by atoms with Crippen molar-refractivity contribution in [3.63, 3.8) is 0 Å². The number of thiazole rings is 1. The normalized spacial score (nSPS) is 10.9. The molecule has 0 aliphatic heterocycles. The zero-order valence-electron chi connectivity index (χ0n) is 15.4. The number of carbonyl (C=O) groups excluding carboxylic acids is 1. The second kappa shape index (κ2) is 8.65. The molecule has 146 valence electrons. The number of rotatable bonds is 5. The summed E-state index contributed by atoms with van der Waals surface area (Å²) in [4.78, 5) is 17.6. The number of anilines is 1. The fraction of sp³-hybridized carbons (Fsp3) is 0.0909. The number of aromatic nitrogens is 1. The molecule has 0 spiro atoms. The van der Waals surface area contributed by atoms with Gasteiger partial charge >= 0.3 is 0 Å². The van der Waals surface area contributed by atoms with Crippen LogP contribution in [0.25, 0.3) is 20.8 Å². The summed E-state index contributed by atoms with van der Waals surface area (Å²) in [5.41, 5.74) is 3.07. The molecule has 0 fully saturated rings. The number of para-hydroxylation sites is 1. The Balaban J connectivity index is 1.67. The van der Waals surface area contributed by atoms with E-state index in [1.165, 1.54) is 0 Å². The molecule has 4 nitrogen and oxygen atoms in total. The number of halogens is 2. The van der Waals surface area contributed by atoms with Crippen LogP contribution >= 0.6 is 43.2 Å². The molecule has 0 aliphatic carbocycles. The van der Waals surface area contributed by atoms with Crippen molar-refractivity contribution in [1.29, 1.82) is 0 Å². The molecule has 0 unspecified atom stereocenters. The van der Waals surface area contributed by atoms with Crippen LogP contribution in [0, 0.1) is 0 Å². The summed E-state index contributed by atoms with van der Waals surface area (Å²) in [5.74, 6) is 0.515. The van der Waals surface area contributed by atoms with Crippen LogP contribution < -0.4 is 10.1 Å². The van der Waals surface area contributed by atoms with Crippen LogP contribution in [0.5, 0.6) is 5.75 Å². The van der Waals surface area contributed by atoms with E-state index in [9.17, 15) is 4.79 Å². The highest BCUT2D eigenvalue weighted by Crippen LogP contribution is 2.36. The molecule has 0 bridgehead atoms. The average molecular weight is 532 g/mol. The third-order valence-electron chi connectivity index (χ3n) is 4.25. The van der Waals surface area contributed by atoms with Crippen molar-refractivity contribution in [3.05, 3.63) is 75.2 Å². The van der Waals surface area contributed by atoms with Crippen LogP contribution in [0.1, 0.15) is 17.3 Å². The van der Waals surface area contributed by atoms with E-state index in [2.05, 4.69) is 37.2 Å². The molecular formula is C22H16Br2N2O2S. The third kappa shape index (κ3) is 4.37. The lowest BCUT2D eigenvalue weighted by Gasteiger charge is -2.11. The van der Waals surface area contributed by atoms with Crippen molar-refractivity contribution < 1.29 is 9.53 Å². The van der Waals surface area contributed by atoms with E-state index in [-0.39, 0.29) is 5.91 Å². The van der Waals surface area contributed by atoms with E-state index < -0.39 is 0 Å². The van der Waals surface area contributed by atoms with Crippen LogP contribution in [0.3, 0.4) is 0 Å². The standard InChI is InChI=1S/C22H16Br2N2O2S/c1-2-28-19-10-7-13(11-16(19)24)21(27)25-17-9-8-14(23)12-15(17)22-26-18-5-3-4-6-20(18)29-22/h3-12H,2H2,1H3,(H,25,27). The Morgan fingerprint density at radius 3 is 2.69 bits per heavy atom. The average Bonchev–Trinajstić information content (AvgIpc) is 3.15. The Morgan fingerprint density at radius 1 is 1.10 bits per heavy atom. The van der Waals surface area contributed by atoms with Gasteiger partial charge in [0.05, 0.1) is 27.0 Å². The van der Waals surface area contributed by atoms with Crippen molar-refractivity contribution in [2.75, 3.05) is 11.9 Å². The number of hydrogen-bond acceptors (Lipinski definition) is 4. The van der Waals surface area contributed by atoms with Gasteiger partial charge in [0.15, 0.2) is 0 Å². The quantitative estimate of drug-likeness (QED) is 0.297. The molecule has 0 atom stereocenters. The Labute approximate surface area is 189 Å². The van der Waals surface area contributed by atoms with Crippen LogP contribution in [-0.4, -0.2) is 17.5 Å². The summed E-state index contributed by atoms with van der Waals surface area (Å²) in [5, 5.41) is 3.88. The molecule has 3 aromatic carbocycles. The number of benzene rings is 3. The number of amides is 1. The minimum atomic E-state index is -0.196. The van der Waals surface area contributed by atoms with Crippen LogP contribution in [-0.2, 0) is 0 Å². The molecule has 0 saturated carbocycles.